The topological polar surface area (TPSA) is 178 Å². The quantitative estimate of drug-likeness (QED) is 0.220. The van der Waals surface area contributed by atoms with E-state index < -0.39 is 48.2 Å². The molecule has 14 heteroatoms. The van der Waals surface area contributed by atoms with Crippen LogP contribution in [0.15, 0.2) is 18.2 Å². The number of nitrogens with one attached hydrogen (secondary N) is 3. The number of para-hydroxylation sites is 1. The number of carbonyl (C=O) groups excluding carboxylic acids is 4. The molecule has 0 saturated carbocycles. The average Bonchev–Trinajstić information content (AvgIpc) is 2.80. The number of imide groups is 1. The Morgan fingerprint density at radius 2 is 1.97 bits per heavy atom. The van der Waals surface area contributed by atoms with E-state index in [0.29, 0.717) is 12.1 Å². The van der Waals surface area contributed by atoms with Gasteiger partial charge < -0.3 is 35.6 Å². The van der Waals surface area contributed by atoms with Gasteiger partial charge in [0.25, 0.3) is 0 Å². The van der Waals surface area contributed by atoms with E-state index in [1.807, 2.05) is 0 Å². The van der Waals surface area contributed by atoms with Gasteiger partial charge >= 0.3 is 30.9 Å². The fourth-order valence-electron chi connectivity index (χ4n) is 4.34. The lowest BCUT2D eigenvalue weighted by Crippen LogP contribution is -2.69. The Balaban J connectivity index is 1.38. The van der Waals surface area contributed by atoms with Crippen molar-refractivity contribution in [3.05, 3.63) is 29.3 Å². The number of hydrogen-bond acceptors (Lipinski definition) is 8. The molecule has 0 radical (unpaired) electrons. The van der Waals surface area contributed by atoms with Gasteiger partial charge in [-0.05, 0) is 25.0 Å². The zero-order valence-electron chi connectivity index (χ0n) is 19.1. The molecule has 35 heavy (non-hydrogen) atoms. The number of urea groups is 1. The minimum Gasteiger partial charge on any atom is -0.534 e. The lowest BCUT2D eigenvalue weighted by molar-refractivity contribution is -0.153. The highest BCUT2D eigenvalue weighted by atomic mass is 16.5. The number of carboxylic acids is 1. The normalized spacial score (nSPS) is 21.0. The molecule has 13 nitrogen and oxygen atoms in total. The van der Waals surface area contributed by atoms with Gasteiger partial charge in [0, 0.05) is 39.3 Å². The number of hydrogen-bond donors (Lipinski definition) is 5. The van der Waals surface area contributed by atoms with Crippen LogP contribution in [0.25, 0.3) is 0 Å². The maximum absolute atomic E-state index is 13.1. The molecule has 1 aromatic rings. The van der Waals surface area contributed by atoms with E-state index in [1.54, 1.807) is 19.1 Å². The van der Waals surface area contributed by atoms with Gasteiger partial charge in [0.2, 0.25) is 5.91 Å². The van der Waals surface area contributed by atoms with Crippen molar-refractivity contribution in [2.24, 2.45) is 5.41 Å². The minimum absolute atomic E-state index is 0.0606. The van der Waals surface area contributed by atoms with Crippen molar-refractivity contribution in [3.8, 4) is 5.75 Å². The second kappa shape index (κ2) is 9.54. The number of amides is 5. The molecule has 1 unspecified atom stereocenters. The third kappa shape index (κ3) is 4.54. The summed E-state index contributed by atoms with van der Waals surface area (Å²) in [6, 6.07) is 3.82. The second-order valence-electron chi connectivity index (χ2n) is 8.78. The number of aromatic carboxylic acids is 1. The van der Waals surface area contributed by atoms with Crippen molar-refractivity contribution >= 4 is 36.8 Å². The average molecular weight is 487 g/mol. The predicted octanol–water partition coefficient (Wildman–Crippen LogP) is -2.19. The summed E-state index contributed by atoms with van der Waals surface area (Å²) < 4.78 is 5.41. The molecular weight excluding hydrogens is 461 g/mol. The molecule has 2 fully saturated rings. The summed E-state index contributed by atoms with van der Waals surface area (Å²) in [5, 5.41) is 28.0. The van der Waals surface area contributed by atoms with E-state index >= 15 is 0 Å². The van der Waals surface area contributed by atoms with E-state index in [9.17, 15) is 34.1 Å². The Kier molecular flexibility index (Phi) is 6.67. The molecular formula is C21H26BN5O8. The lowest BCUT2D eigenvalue weighted by atomic mass is 9.71. The Labute approximate surface area is 200 Å². The summed E-state index contributed by atoms with van der Waals surface area (Å²) in [5.41, 5.74) is -0.581. The van der Waals surface area contributed by atoms with Crippen LogP contribution in [0.5, 0.6) is 5.75 Å². The smallest absolute Gasteiger partial charge is 0.534 e. The standard InChI is InChI=1S/C21H26BN5O8/c1-2-26-6-7-27(17(29)16(26)28)20(33)24-11-21(9-23-10-21)19(32)25-14-8-12-4-3-5-13(18(30)31)15(12)35-22(14)34/h3-5,14,23,34H,2,6-11H2,1H3,(H,24,33)(H,25,32)(H,30,31). The molecule has 0 aliphatic carbocycles. The summed E-state index contributed by atoms with van der Waals surface area (Å²) in [6.07, 6.45) is 0.150. The highest BCUT2D eigenvalue weighted by molar-refractivity contribution is 6.47. The molecule has 3 aliphatic heterocycles. The molecule has 186 valence electrons. The second-order valence-corrected chi connectivity index (χ2v) is 8.78. The largest absolute Gasteiger partial charge is 0.547 e. The Morgan fingerprint density at radius 1 is 1.23 bits per heavy atom. The fourth-order valence-corrected chi connectivity index (χ4v) is 4.34. The van der Waals surface area contributed by atoms with Crippen molar-refractivity contribution in [2.75, 3.05) is 39.3 Å². The van der Waals surface area contributed by atoms with Crippen LogP contribution in [0, 0.1) is 5.41 Å². The van der Waals surface area contributed by atoms with Crippen molar-refractivity contribution in [3.63, 3.8) is 0 Å². The van der Waals surface area contributed by atoms with Gasteiger partial charge in [0.1, 0.15) is 5.75 Å². The molecule has 0 spiro atoms. The Bertz CT molecular complexity index is 1080. The van der Waals surface area contributed by atoms with Crippen molar-refractivity contribution in [1.29, 1.82) is 0 Å². The zero-order valence-corrected chi connectivity index (χ0v) is 19.1. The maximum Gasteiger partial charge on any atom is 0.547 e. The number of rotatable bonds is 6. The minimum atomic E-state index is -1.47. The van der Waals surface area contributed by atoms with Gasteiger partial charge in [-0.1, -0.05) is 12.1 Å². The third-order valence-corrected chi connectivity index (χ3v) is 6.59. The van der Waals surface area contributed by atoms with E-state index in [2.05, 4.69) is 16.0 Å². The van der Waals surface area contributed by atoms with Gasteiger partial charge in [0.15, 0.2) is 0 Å². The number of carbonyl (C=O) groups is 5. The highest BCUT2D eigenvalue weighted by Crippen LogP contribution is 2.31. The monoisotopic (exact) mass is 487 g/mol. The molecule has 3 aliphatic rings. The molecule has 4 rings (SSSR count). The van der Waals surface area contributed by atoms with Crippen LogP contribution in [0.4, 0.5) is 4.79 Å². The van der Waals surface area contributed by atoms with Crippen LogP contribution in [0.2, 0.25) is 0 Å². The number of fused-ring (bicyclic) bond motifs is 1. The zero-order chi connectivity index (χ0) is 25.3. The van der Waals surface area contributed by atoms with E-state index in [0.717, 1.165) is 4.90 Å². The fraction of sp³-hybridized carbons (Fsp3) is 0.476. The molecule has 1 atom stereocenters. The number of nitrogens with zero attached hydrogens (tertiary/aromatic N) is 2. The first-order valence-corrected chi connectivity index (χ1v) is 11.3. The van der Waals surface area contributed by atoms with Crippen LogP contribution >= 0.6 is 0 Å². The summed E-state index contributed by atoms with van der Waals surface area (Å²) in [6.45, 7) is 2.82. The van der Waals surface area contributed by atoms with Crippen LogP contribution in [0.3, 0.4) is 0 Å². The number of piperazine rings is 1. The first-order valence-electron chi connectivity index (χ1n) is 11.3. The first-order chi connectivity index (χ1) is 16.7. The molecule has 3 heterocycles. The van der Waals surface area contributed by atoms with Crippen molar-refractivity contribution in [1.82, 2.24) is 25.8 Å². The van der Waals surface area contributed by atoms with E-state index in [1.165, 1.54) is 11.0 Å². The number of benzene rings is 1. The van der Waals surface area contributed by atoms with Crippen molar-refractivity contribution < 1.29 is 38.8 Å². The molecule has 1 aromatic carbocycles. The van der Waals surface area contributed by atoms with Crippen molar-refractivity contribution in [2.45, 2.75) is 19.3 Å². The number of likely N-dealkylation sites (N-methyl/N-ethyl adjacent to an activating group) is 1. The van der Waals surface area contributed by atoms with E-state index in [-0.39, 0.29) is 50.5 Å². The summed E-state index contributed by atoms with van der Waals surface area (Å²) in [4.78, 5) is 63.6. The van der Waals surface area contributed by atoms with Gasteiger partial charge in [-0.2, -0.15) is 0 Å². The van der Waals surface area contributed by atoms with Gasteiger partial charge in [-0.3, -0.25) is 19.3 Å². The molecule has 5 amide bonds. The van der Waals surface area contributed by atoms with Gasteiger partial charge in [-0.25, -0.2) is 9.59 Å². The predicted molar refractivity (Wildman–Crippen MR) is 120 cm³/mol. The third-order valence-electron chi connectivity index (χ3n) is 6.59. The van der Waals surface area contributed by atoms with Crippen LogP contribution in [-0.2, 0) is 20.8 Å². The lowest BCUT2D eigenvalue weighted by Gasteiger charge is -2.42. The van der Waals surface area contributed by atoms with E-state index in [4.69, 9.17) is 4.65 Å². The highest BCUT2D eigenvalue weighted by Gasteiger charge is 2.48. The summed E-state index contributed by atoms with van der Waals surface area (Å²) in [5.74, 6) is -4.07. The SMILES string of the molecule is CCN1CCN(C(=O)NCC2(C(=O)NC3Cc4cccc(C(=O)O)c4OB3O)CNC2)C(=O)C1=O. The van der Waals surface area contributed by atoms with Crippen LogP contribution in [0.1, 0.15) is 22.8 Å². The molecule has 0 aromatic heterocycles. The summed E-state index contributed by atoms with van der Waals surface area (Å²) in [7, 11) is -1.47. The maximum atomic E-state index is 13.1. The summed E-state index contributed by atoms with van der Waals surface area (Å²) >= 11 is 0. The Morgan fingerprint density at radius 3 is 2.60 bits per heavy atom. The molecule has 0 bridgehead atoms. The first kappa shape index (κ1) is 24.5. The molecule has 5 N–H and O–H groups in total. The number of carboxylic acid groups (broad SMARTS) is 1. The van der Waals surface area contributed by atoms with Gasteiger partial charge in [-0.15, -0.1) is 0 Å². The Hall–Kier alpha value is -3.65. The van der Waals surface area contributed by atoms with Crippen LogP contribution < -0.4 is 20.6 Å². The van der Waals surface area contributed by atoms with Crippen LogP contribution in [-0.4, -0.2) is 102 Å². The molecule has 2 saturated heterocycles. The van der Waals surface area contributed by atoms with Gasteiger partial charge in [0.05, 0.1) is 16.9 Å².